The van der Waals surface area contributed by atoms with Gasteiger partial charge in [-0.25, -0.2) is 9.59 Å². The summed E-state index contributed by atoms with van der Waals surface area (Å²) >= 11 is 0. The molecule has 1 heterocycles. The number of rotatable bonds is 6. The molecule has 1 amide bonds. The number of hydrogen-bond donors (Lipinski definition) is 3. The monoisotopic (exact) mass is 340 g/mol. The highest BCUT2D eigenvalue weighted by Crippen LogP contribution is 2.12. The largest absolute Gasteiger partial charge is 0.707 e. The molecule has 3 N–H and O–H groups in total. The number of methoxy groups -OCH3 is 1. The van der Waals surface area contributed by atoms with Crippen molar-refractivity contribution in [1.82, 2.24) is 10.3 Å². The summed E-state index contributed by atoms with van der Waals surface area (Å²) in [6, 6.07) is 1.99. The van der Waals surface area contributed by atoms with Gasteiger partial charge in [-0.2, -0.15) is 0 Å². The minimum Gasteiger partial charge on any atom is -0.511 e. The molecule has 1 aromatic heterocycles. The molecule has 0 unspecified atom stereocenters. The Bertz CT molecular complexity index is 557. The molecule has 1 atom stereocenters. The maximum absolute atomic E-state index is 11.8. The minimum absolute atomic E-state index is 0.0634. The number of carbonyl (C=O) groups is 2. The Balaban J connectivity index is 2.75. The first-order valence-electron chi connectivity index (χ1n) is 7.16. The molecule has 0 saturated carbocycles. The van der Waals surface area contributed by atoms with E-state index in [1.807, 2.05) is 0 Å². The van der Waals surface area contributed by atoms with Gasteiger partial charge in [0.15, 0.2) is 0 Å². The fraction of sp³-hybridized carbons (Fsp3) is 0.500. The van der Waals surface area contributed by atoms with Gasteiger partial charge >= 0.3 is 19.4 Å². The van der Waals surface area contributed by atoms with Gasteiger partial charge in [0.2, 0.25) is 0 Å². The summed E-state index contributed by atoms with van der Waals surface area (Å²) < 4.78 is 14.4. The SMILES string of the molecule is COC(=O)[C@H](Cc1ccc(OB(O)O)cn1)NC(=O)OC(C)(C)C. The van der Waals surface area contributed by atoms with Crippen LogP contribution in [0.15, 0.2) is 18.3 Å². The van der Waals surface area contributed by atoms with Crippen LogP contribution in [0.25, 0.3) is 0 Å². The molecule has 0 radical (unpaired) electrons. The summed E-state index contributed by atoms with van der Waals surface area (Å²) in [4.78, 5) is 27.7. The first kappa shape index (κ1) is 19.7. The lowest BCUT2D eigenvalue weighted by molar-refractivity contribution is -0.143. The Kier molecular flexibility index (Phi) is 6.99. The third kappa shape index (κ3) is 7.29. The molecular formula is C14H21BN2O7. The van der Waals surface area contributed by atoms with Crippen molar-refractivity contribution in [3.05, 3.63) is 24.0 Å². The van der Waals surface area contributed by atoms with E-state index in [0.717, 1.165) is 0 Å². The van der Waals surface area contributed by atoms with Crippen LogP contribution in [0.2, 0.25) is 0 Å². The van der Waals surface area contributed by atoms with E-state index in [9.17, 15) is 9.59 Å². The lowest BCUT2D eigenvalue weighted by Crippen LogP contribution is -2.45. The van der Waals surface area contributed by atoms with Crippen molar-refractivity contribution in [3.8, 4) is 5.75 Å². The Morgan fingerprint density at radius 1 is 1.33 bits per heavy atom. The topological polar surface area (TPSA) is 127 Å². The Hall–Kier alpha value is -2.33. The molecule has 0 aliphatic carbocycles. The first-order valence-corrected chi connectivity index (χ1v) is 7.16. The van der Waals surface area contributed by atoms with Crippen molar-refractivity contribution >= 4 is 19.4 Å². The van der Waals surface area contributed by atoms with Crippen LogP contribution in [0.1, 0.15) is 26.5 Å². The van der Waals surface area contributed by atoms with Crippen LogP contribution in [0.5, 0.6) is 5.75 Å². The standard InChI is InChI=1S/C14H21BN2O7/c1-14(2,3)23-13(19)17-11(12(18)22-4)7-9-5-6-10(8-16-9)24-15(20)21/h5-6,8,11,20-21H,7H2,1-4H3,(H,17,19)/t11-/m0/s1. The number of esters is 1. The predicted octanol–water partition coefficient (Wildman–Crippen LogP) is 0.0387. The maximum Gasteiger partial charge on any atom is 0.707 e. The number of carbonyl (C=O) groups excluding carboxylic acids is 2. The Morgan fingerprint density at radius 2 is 2.00 bits per heavy atom. The number of hydrogen-bond acceptors (Lipinski definition) is 8. The van der Waals surface area contributed by atoms with Crippen LogP contribution >= 0.6 is 0 Å². The number of nitrogens with zero attached hydrogens (tertiary/aromatic N) is 1. The second kappa shape index (κ2) is 8.51. The average molecular weight is 340 g/mol. The highest BCUT2D eigenvalue weighted by Gasteiger charge is 2.25. The molecule has 0 bridgehead atoms. The van der Waals surface area contributed by atoms with E-state index in [0.29, 0.717) is 5.69 Å². The van der Waals surface area contributed by atoms with Crippen molar-refractivity contribution in [2.75, 3.05) is 7.11 Å². The second-order valence-corrected chi connectivity index (χ2v) is 5.86. The average Bonchev–Trinajstić information content (AvgIpc) is 2.45. The number of aromatic nitrogens is 1. The summed E-state index contributed by atoms with van der Waals surface area (Å²) in [5, 5.41) is 19.8. The highest BCUT2D eigenvalue weighted by atomic mass is 16.6. The molecule has 24 heavy (non-hydrogen) atoms. The fourth-order valence-corrected chi connectivity index (χ4v) is 1.72. The van der Waals surface area contributed by atoms with Crippen molar-refractivity contribution in [1.29, 1.82) is 0 Å². The van der Waals surface area contributed by atoms with Crippen molar-refractivity contribution in [2.45, 2.75) is 38.8 Å². The summed E-state index contributed by atoms with van der Waals surface area (Å²) in [5.74, 6) is -0.503. The second-order valence-electron chi connectivity index (χ2n) is 5.86. The molecule has 0 spiro atoms. The summed E-state index contributed by atoms with van der Waals surface area (Å²) in [7, 11) is -0.742. The van der Waals surface area contributed by atoms with Gasteiger partial charge in [0.05, 0.1) is 13.3 Å². The van der Waals surface area contributed by atoms with Crippen LogP contribution < -0.4 is 9.97 Å². The maximum atomic E-state index is 11.8. The van der Waals surface area contributed by atoms with Crippen molar-refractivity contribution in [2.24, 2.45) is 0 Å². The molecule has 0 fully saturated rings. The molecule has 0 aliphatic rings. The first-order chi connectivity index (χ1) is 11.1. The van der Waals surface area contributed by atoms with Crippen molar-refractivity contribution < 1.29 is 33.8 Å². The van der Waals surface area contributed by atoms with Gasteiger partial charge in [-0.05, 0) is 32.9 Å². The number of amides is 1. The highest BCUT2D eigenvalue weighted by molar-refractivity contribution is 6.33. The lowest BCUT2D eigenvalue weighted by atomic mass is 10.1. The van der Waals surface area contributed by atoms with E-state index in [2.05, 4.69) is 19.7 Å². The number of alkyl carbamates (subject to hydrolysis) is 1. The van der Waals surface area contributed by atoms with Gasteiger partial charge in [0.25, 0.3) is 0 Å². The van der Waals surface area contributed by atoms with Gasteiger partial charge in [0.1, 0.15) is 17.4 Å². The number of pyridine rings is 1. The van der Waals surface area contributed by atoms with Crippen LogP contribution in [-0.4, -0.2) is 53.2 Å². The molecule has 1 rings (SSSR count). The van der Waals surface area contributed by atoms with E-state index in [4.69, 9.17) is 14.8 Å². The predicted molar refractivity (Wildman–Crippen MR) is 83.9 cm³/mol. The van der Waals surface area contributed by atoms with Gasteiger partial charge in [-0.1, -0.05) is 0 Å². The molecule has 0 aromatic carbocycles. The fourth-order valence-electron chi connectivity index (χ4n) is 1.72. The summed E-state index contributed by atoms with van der Waals surface area (Å²) in [6.07, 6.45) is 0.575. The van der Waals surface area contributed by atoms with Crippen molar-refractivity contribution in [3.63, 3.8) is 0 Å². The number of nitrogens with one attached hydrogen (secondary N) is 1. The van der Waals surface area contributed by atoms with E-state index in [-0.39, 0.29) is 12.2 Å². The Morgan fingerprint density at radius 3 is 2.46 bits per heavy atom. The van der Waals surface area contributed by atoms with Gasteiger partial charge < -0.3 is 29.5 Å². The van der Waals surface area contributed by atoms with Gasteiger partial charge in [0, 0.05) is 12.1 Å². The quantitative estimate of drug-likeness (QED) is 0.489. The smallest absolute Gasteiger partial charge is 0.511 e. The van der Waals surface area contributed by atoms with Crippen LogP contribution in [-0.2, 0) is 20.7 Å². The minimum atomic E-state index is -1.95. The van der Waals surface area contributed by atoms with Gasteiger partial charge in [-0.3, -0.25) is 4.98 Å². The van der Waals surface area contributed by atoms with Gasteiger partial charge in [-0.15, -0.1) is 0 Å². The zero-order valence-electron chi connectivity index (χ0n) is 14.0. The molecule has 0 saturated heterocycles. The molecule has 0 aliphatic heterocycles. The molecule has 10 heteroatoms. The van der Waals surface area contributed by atoms with E-state index in [1.54, 1.807) is 20.8 Å². The Labute approximate surface area is 140 Å². The molecule has 132 valence electrons. The van der Waals surface area contributed by atoms with E-state index >= 15 is 0 Å². The van der Waals surface area contributed by atoms with E-state index < -0.39 is 31.0 Å². The summed E-state index contributed by atoms with van der Waals surface area (Å²) in [5.41, 5.74) is -0.242. The van der Waals surface area contributed by atoms with Crippen LogP contribution in [0.4, 0.5) is 4.79 Å². The van der Waals surface area contributed by atoms with Crippen LogP contribution in [0.3, 0.4) is 0 Å². The normalized spacial score (nSPS) is 12.1. The lowest BCUT2D eigenvalue weighted by Gasteiger charge is -2.22. The summed E-state index contributed by atoms with van der Waals surface area (Å²) in [6.45, 7) is 5.11. The third-order valence-electron chi connectivity index (χ3n) is 2.63. The third-order valence-corrected chi connectivity index (χ3v) is 2.63. The van der Waals surface area contributed by atoms with E-state index in [1.165, 1.54) is 25.4 Å². The zero-order chi connectivity index (χ0) is 18.3. The number of ether oxygens (including phenoxy) is 2. The van der Waals surface area contributed by atoms with Crippen LogP contribution in [0, 0.1) is 0 Å². The molecule has 9 nitrogen and oxygen atoms in total. The molecule has 1 aromatic rings. The molecular weight excluding hydrogens is 319 g/mol. The zero-order valence-corrected chi connectivity index (χ0v) is 14.0.